The molecule has 0 spiro atoms. The van der Waals surface area contributed by atoms with Gasteiger partial charge in [-0.1, -0.05) is 27.7 Å². The molecule has 37 heavy (non-hydrogen) atoms. The van der Waals surface area contributed by atoms with Gasteiger partial charge in [0, 0.05) is 39.1 Å². The topological polar surface area (TPSA) is 57.4 Å². The van der Waals surface area contributed by atoms with Crippen molar-refractivity contribution in [3.05, 3.63) is 69.3 Å². The monoisotopic (exact) mass is 541 g/mol. The average molecular weight is 542 g/mol. The smallest absolute Gasteiger partial charge is 0.0693 e. The molecule has 0 saturated heterocycles. The third-order valence-electron chi connectivity index (χ3n) is 8.21. The van der Waals surface area contributed by atoms with Crippen molar-refractivity contribution in [2.45, 2.75) is 81.1 Å². The molecule has 5 rings (SSSR count). The fourth-order valence-corrected chi connectivity index (χ4v) is 6.02. The van der Waals surface area contributed by atoms with E-state index in [-0.39, 0.29) is 17.1 Å². The van der Waals surface area contributed by atoms with Gasteiger partial charge in [-0.05, 0) is 122 Å². The molecule has 5 heterocycles. The van der Waals surface area contributed by atoms with Crippen molar-refractivity contribution in [3.8, 4) is 0 Å². The summed E-state index contributed by atoms with van der Waals surface area (Å²) >= 11 is 0. The van der Waals surface area contributed by atoms with Crippen molar-refractivity contribution in [1.29, 1.82) is 0 Å². The van der Waals surface area contributed by atoms with Crippen LogP contribution in [0.4, 0.5) is 0 Å². The number of H-pyrrole nitrogens is 2. The summed E-state index contributed by atoms with van der Waals surface area (Å²) in [5.41, 5.74) is 19.3. The third-order valence-corrected chi connectivity index (χ3v) is 8.21. The molecule has 0 aromatic carbocycles. The zero-order chi connectivity index (χ0) is 25.7. The van der Waals surface area contributed by atoms with E-state index >= 15 is 0 Å². The zero-order valence-electron chi connectivity index (χ0n) is 23.3. The Kier molecular flexibility index (Phi) is 7.69. The number of aromatic nitrogens is 4. The van der Waals surface area contributed by atoms with Crippen molar-refractivity contribution in [3.63, 3.8) is 0 Å². The van der Waals surface area contributed by atoms with Crippen molar-refractivity contribution < 1.29 is 17.1 Å². The summed E-state index contributed by atoms with van der Waals surface area (Å²) in [6.07, 6.45) is 3.86. The molecule has 5 heteroatoms. The maximum Gasteiger partial charge on any atom is 0.0693 e. The van der Waals surface area contributed by atoms with Crippen molar-refractivity contribution in [1.82, 2.24) is 19.9 Å². The molecule has 3 aromatic rings. The Morgan fingerprint density at radius 2 is 0.865 bits per heavy atom. The Morgan fingerprint density at radius 1 is 0.514 bits per heavy atom. The molecule has 2 aliphatic heterocycles. The van der Waals surface area contributed by atoms with Gasteiger partial charge in [0.05, 0.1) is 22.8 Å². The number of rotatable bonds is 4. The average Bonchev–Trinajstić information content (AvgIpc) is 3.51. The van der Waals surface area contributed by atoms with Crippen LogP contribution in [0.15, 0.2) is 24.3 Å². The van der Waals surface area contributed by atoms with E-state index in [0.717, 1.165) is 70.5 Å². The summed E-state index contributed by atoms with van der Waals surface area (Å²) in [6.45, 7) is 17.8. The van der Waals surface area contributed by atoms with Crippen LogP contribution in [0.1, 0.15) is 99.4 Å². The van der Waals surface area contributed by atoms with Crippen LogP contribution in [-0.2, 0) is 29.9 Å². The molecule has 0 atom stereocenters. The fraction of sp³-hybridized carbons (Fsp3) is 0.375. The second-order valence-electron chi connectivity index (χ2n) is 10.1. The molecule has 0 saturated carbocycles. The molecule has 4 nitrogen and oxygen atoms in total. The van der Waals surface area contributed by atoms with Crippen molar-refractivity contribution in [2.75, 3.05) is 0 Å². The molecule has 197 valence electrons. The van der Waals surface area contributed by atoms with Gasteiger partial charge in [-0.25, -0.2) is 9.97 Å². The number of aryl methyl sites for hydroxylation is 4. The third kappa shape index (κ3) is 4.43. The van der Waals surface area contributed by atoms with Gasteiger partial charge in [0.15, 0.2) is 0 Å². The molecule has 8 bridgehead atoms. The Balaban J connectivity index is 0.00000320. The second-order valence-corrected chi connectivity index (χ2v) is 10.1. The largest absolute Gasteiger partial charge is 0.355 e. The van der Waals surface area contributed by atoms with Crippen LogP contribution in [-0.4, -0.2) is 19.9 Å². The van der Waals surface area contributed by atoms with Crippen LogP contribution < -0.4 is 0 Å². The summed E-state index contributed by atoms with van der Waals surface area (Å²) in [7, 11) is 0. The van der Waals surface area contributed by atoms with Crippen LogP contribution in [0.5, 0.6) is 0 Å². The number of allylic oxidation sites excluding steroid dienone is 4. The van der Waals surface area contributed by atoms with Gasteiger partial charge < -0.3 is 9.97 Å². The van der Waals surface area contributed by atoms with E-state index in [4.69, 9.17) is 9.97 Å². The number of fused-ring (bicyclic) bond motifs is 8. The van der Waals surface area contributed by atoms with E-state index in [9.17, 15) is 0 Å². The molecule has 2 aliphatic rings. The van der Waals surface area contributed by atoms with E-state index < -0.39 is 0 Å². The van der Waals surface area contributed by atoms with Gasteiger partial charge >= 0.3 is 0 Å². The van der Waals surface area contributed by atoms with Crippen LogP contribution in [0.25, 0.3) is 44.4 Å². The summed E-state index contributed by atoms with van der Waals surface area (Å²) < 4.78 is 0. The predicted octanol–water partition coefficient (Wildman–Crippen LogP) is 8.74. The first kappa shape index (κ1) is 27.2. The van der Waals surface area contributed by atoms with E-state index in [2.05, 4.69) is 89.6 Å². The van der Waals surface area contributed by atoms with Gasteiger partial charge in [-0.15, -0.1) is 0 Å². The Morgan fingerprint density at radius 3 is 1.19 bits per heavy atom. The van der Waals surface area contributed by atoms with E-state index in [1.165, 1.54) is 44.5 Å². The number of nitrogens with zero attached hydrogens (tertiary/aromatic N) is 2. The minimum absolute atomic E-state index is 0. The van der Waals surface area contributed by atoms with Crippen LogP contribution >= 0.6 is 0 Å². The van der Waals surface area contributed by atoms with Gasteiger partial charge in [0.1, 0.15) is 0 Å². The van der Waals surface area contributed by atoms with Crippen LogP contribution in [0.3, 0.4) is 0 Å². The molecule has 0 amide bonds. The summed E-state index contributed by atoms with van der Waals surface area (Å²) in [6, 6.07) is 8.98. The van der Waals surface area contributed by atoms with E-state index in [1.54, 1.807) is 0 Å². The number of nitrogens with one attached hydrogen (secondary N) is 2. The first-order valence-electron chi connectivity index (χ1n) is 13.4. The first-order chi connectivity index (χ1) is 17.3. The predicted molar refractivity (Wildman–Crippen MR) is 155 cm³/mol. The molecular formula is C32H38CuN4. The molecule has 0 unspecified atom stereocenters. The van der Waals surface area contributed by atoms with Gasteiger partial charge in [0.25, 0.3) is 0 Å². The molecular weight excluding hydrogens is 504 g/mol. The quantitative estimate of drug-likeness (QED) is 0.324. The van der Waals surface area contributed by atoms with Gasteiger partial charge in [0.2, 0.25) is 0 Å². The van der Waals surface area contributed by atoms with Crippen molar-refractivity contribution in [2.24, 2.45) is 0 Å². The Bertz CT molecular complexity index is 1490. The minimum Gasteiger partial charge on any atom is -0.355 e. The Hall–Kier alpha value is -2.88. The van der Waals surface area contributed by atoms with Crippen LogP contribution in [0.2, 0.25) is 0 Å². The summed E-state index contributed by atoms with van der Waals surface area (Å²) in [5, 5.41) is 0. The van der Waals surface area contributed by atoms with Gasteiger partial charge in [-0.3, -0.25) is 0 Å². The minimum atomic E-state index is 0. The van der Waals surface area contributed by atoms with Crippen LogP contribution in [0, 0.1) is 13.8 Å². The summed E-state index contributed by atoms with van der Waals surface area (Å²) in [5.74, 6) is 0. The van der Waals surface area contributed by atoms with E-state index in [0.29, 0.717) is 0 Å². The molecule has 3 aromatic heterocycles. The van der Waals surface area contributed by atoms with Crippen molar-refractivity contribution >= 4 is 44.4 Å². The molecule has 2 N–H and O–H groups in total. The SMILES string of the molecule is CCC1=C(C)c2cc3[nH]c(cc4nc(cc5[nH]c(cc1n2)c(C)c5CC)C(C)=C4CC)c(C)c3CC.[Cu]. The molecule has 0 aliphatic carbocycles. The second kappa shape index (κ2) is 10.5. The Labute approximate surface area is 231 Å². The summed E-state index contributed by atoms with van der Waals surface area (Å²) in [4.78, 5) is 17.7. The maximum atomic E-state index is 5.15. The normalized spacial score (nSPS) is 13.4. The van der Waals surface area contributed by atoms with Gasteiger partial charge in [-0.2, -0.15) is 0 Å². The number of hydrogen-bond donors (Lipinski definition) is 2. The first-order valence-corrected chi connectivity index (χ1v) is 13.4. The molecule has 0 fully saturated rings. The number of hydrogen-bond acceptors (Lipinski definition) is 2. The fourth-order valence-electron chi connectivity index (χ4n) is 6.02. The number of aromatic amines is 2. The standard InChI is InChI=1S/C32H38N4.Cu/c1-9-21-17(5)25-14-30-23(11-3)19(7)27(35-30)16-32-24(12-4)20(8)28(36-32)15-31-22(10-2)18(6)26(34-31)13-29(21)33-25;/h13-16,33,36H,9-12H2,1-8H3;. The molecule has 1 radical (unpaired) electrons. The van der Waals surface area contributed by atoms with E-state index in [1.807, 2.05) is 0 Å². The maximum absolute atomic E-state index is 5.15. The zero-order valence-corrected chi connectivity index (χ0v) is 24.3.